The number of hydrogen-bond acceptors (Lipinski definition) is 5. The fourth-order valence-corrected chi connectivity index (χ4v) is 2.22. The molecule has 20 heavy (non-hydrogen) atoms. The van der Waals surface area contributed by atoms with Crippen LogP contribution >= 0.6 is 0 Å². The van der Waals surface area contributed by atoms with Gasteiger partial charge in [-0.25, -0.2) is 14.6 Å². The van der Waals surface area contributed by atoms with Crippen LogP contribution < -0.4 is 0 Å². The number of aromatic nitrogens is 2. The highest BCUT2D eigenvalue weighted by Crippen LogP contribution is 2.27. The highest BCUT2D eigenvalue weighted by atomic mass is 16.5. The molecule has 0 amide bonds. The molecule has 0 saturated heterocycles. The highest BCUT2D eigenvalue weighted by Gasteiger charge is 2.33. The van der Waals surface area contributed by atoms with Crippen LogP contribution in [0.4, 0.5) is 0 Å². The Balaban J connectivity index is 1.95. The Morgan fingerprint density at radius 2 is 2.15 bits per heavy atom. The van der Waals surface area contributed by atoms with Crippen molar-refractivity contribution in [2.24, 2.45) is 0 Å². The van der Waals surface area contributed by atoms with Gasteiger partial charge >= 0.3 is 11.9 Å². The molecule has 2 aromatic rings. The fraction of sp³-hybridized carbons (Fsp3) is 0.214. The van der Waals surface area contributed by atoms with Gasteiger partial charge in [-0.05, 0) is 5.56 Å². The number of methoxy groups -OCH3 is 1. The first-order valence-corrected chi connectivity index (χ1v) is 6.10. The molecule has 1 aromatic carbocycles. The van der Waals surface area contributed by atoms with E-state index in [1.165, 1.54) is 13.4 Å². The molecule has 102 valence electrons. The Hall–Kier alpha value is -2.63. The average molecular weight is 272 g/mol. The molecular weight excluding hydrogens is 260 g/mol. The number of benzene rings is 1. The summed E-state index contributed by atoms with van der Waals surface area (Å²) in [4.78, 5) is 27.6. The summed E-state index contributed by atoms with van der Waals surface area (Å²) in [6.07, 6.45) is 1.08. The summed E-state index contributed by atoms with van der Waals surface area (Å²) in [5, 5.41) is 0. The third-order valence-corrected chi connectivity index (χ3v) is 3.19. The summed E-state index contributed by atoms with van der Waals surface area (Å²) in [6, 6.07) is 9.44. The lowest BCUT2D eigenvalue weighted by molar-refractivity contribution is 0.0149. The second kappa shape index (κ2) is 4.80. The number of ether oxygens (including phenoxy) is 2. The SMILES string of the molecule is COC(=O)c1ncn2c1C(=O)OC(c1ccccc1)C2. The standard InChI is InChI=1S/C14H12N2O4/c1-19-13(17)11-12-14(18)20-10(7-16(12)8-15-11)9-5-3-2-4-6-9/h2-6,8,10H,7H2,1H3. The predicted octanol–water partition coefficient (Wildman–Crippen LogP) is 1.58. The summed E-state index contributed by atoms with van der Waals surface area (Å²) in [7, 11) is 1.25. The number of fused-ring (bicyclic) bond motifs is 1. The minimum absolute atomic E-state index is 0.0102. The molecule has 0 fully saturated rings. The third-order valence-electron chi connectivity index (χ3n) is 3.19. The van der Waals surface area contributed by atoms with E-state index in [0.29, 0.717) is 6.54 Å². The van der Waals surface area contributed by atoms with E-state index in [1.54, 1.807) is 4.57 Å². The number of imidazole rings is 1. The maximum atomic E-state index is 12.1. The lowest BCUT2D eigenvalue weighted by Crippen LogP contribution is -2.27. The van der Waals surface area contributed by atoms with Crippen LogP contribution in [-0.2, 0) is 16.0 Å². The van der Waals surface area contributed by atoms with E-state index >= 15 is 0 Å². The second-order valence-electron chi connectivity index (χ2n) is 4.39. The summed E-state index contributed by atoms with van der Waals surface area (Å²) in [5.74, 6) is -1.21. The van der Waals surface area contributed by atoms with Crippen LogP contribution in [0.2, 0.25) is 0 Å². The lowest BCUT2D eigenvalue weighted by Gasteiger charge is -2.24. The largest absolute Gasteiger partial charge is 0.464 e. The maximum Gasteiger partial charge on any atom is 0.359 e. The Bertz CT molecular complexity index is 663. The summed E-state index contributed by atoms with van der Waals surface area (Å²) in [6.45, 7) is 0.426. The van der Waals surface area contributed by atoms with E-state index in [1.807, 2.05) is 30.3 Å². The van der Waals surface area contributed by atoms with E-state index < -0.39 is 11.9 Å². The van der Waals surface area contributed by atoms with Crippen molar-refractivity contribution in [2.75, 3.05) is 7.11 Å². The van der Waals surface area contributed by atoms with Crippen molar-refractivity contribution in [2.45, 2.75) is 12.6 Å². The fourth-order valence-electron chi connectivity index (χ4n) is 2.22. The van der Waals surface area contributed by atoms with Gasteiger partial charge in [-0.1, -0.05) is 30.3 Å². The molecule has 3 rings (SSSR count). The van der Waals surface area contributed by atoms with Crippen LogP contribution in [0.5, 0.6) is 0 Å². The van der Waals surface area contributed by atoms with Crippen molar-refractivity contribution in [1.29, 1.82) is 0 Å². The van der Waals surface area contributed by atoms with Crippen molar-refractivity contribution in [3.05, 3.63) is 53.6 Å². The van der Waals surface area contributed by atoms with Gasteiger partial charge in [0.05, 0.1) is 20.0 Å². The van der Waals surface area contributed by atoms with E-state index in [2.05, 4.69) is 9.72 Å². The normalized spacial score (nSPS) is 17.2. The Morgan fingerprint density at radius 1 is 1.40 bits per heavy atom. The average Bonchev–Trinajstić information content (AvgIpc) is 2.92. The molecular formula is C14H12N2O4. The molecule has 1 aliphatic heterocycles. The Labute approximate surface area is 114 Å². The molecule has 0 saturated carbocycles. The molecule has 0 radical (unpaired) electrons. The van der Waals surface area contributed by atoms with Gasteiger partial charge in [0, 0.05) is 0 Å². The van der Waals surface area contributed by atoms with Crippen LogP contribution in [-0.4, -0.2) is 28.6 Å². The van der Waals surface area contributed by atoms with E-state index in [4.69, 9.17) is 4.74 Å². The molecule has 1 atom stereocenters. The van der Waals surface area contributed by atoms with Crippen molar-refractivity contribution in [3.63, 3.8) is 0 Å². The zero-order valence-corrected chi connectivity index (χ0v) is 10.8. The molecule has 6 nitrogen and oxygen atoms in total. The first-order valence-electron chi connectivity index (χ1n) is 6.10. The first kappa shape index (κ1) is 12.4. The summed E-state index contributed by atoms with van der Waals surface area (Å²) >= 11 is 0. The van der Waals surface area contributed by atoms with Gasteiger partial charge in [-0.2, -0.15) is 0 Å². The first-order chi connectivity index (χ1) is 9.70. The smallest absolute Gasteiger partial charge is 0.359 e. The predicted molar refractivity (Wildman–Crippen MR) is 68.2 cm³/mol. The number of cyclic esters (lactones) is 1. The Kier molecular flexibility index (Phi) is 2.98. The second-order valence-corrected chi connectivity index (χ2v) is 4.39. The van der Waals surface area contributed by atoms with Crippen LogP contribution in [0.15, 0.2) is 36.7 Å². The topological polar surface area (TPSA) is 70.4 Å². The number of esters is 2. The van der Waals surface area contributed by atoms with Crippen molar-refractivity contribution < 1.29 is 19.1 Å². The van der Waals surface area contributed by atoms with E-state index in [-0.39, 0.29) is 17.5 Å². The van der Waals surface area contributed by atoms with Gasteiger partial charge in [-0.15, -0.1) is 0 Å². The van der Waals surface area contributed by atoms with Crippen LogP contribution in [0.3, 0.4) is 0 Å². The minimum atomic E-state index is -0.645. The van der Waals surface area contributed by atoms with Gasteiger partial charge in [0.15, 0.2) is 11.4 Å². The quantitative estimate of drug-likeness (QED) is 0.776. The number of rotatable bonds is 2. The van der Waals surface area contributed by atoms with Gasteiger partial charge in [0.25, 0.3) is 0 Å². The molecule has 0 bridgehead atoms. The zero-order valence-electron chi connectivity index (χ0n) is 10.8. The molecule has 6 heteroatoms. The van der Waals surface area contributed by atoms with Crippen molar-refractivity contribution >= 4 is 11.9 Å². The summed E-state index contributed by atoms with van der Waals surface area (Å²) in [5.41, 5.74) is 1.04. The van der Waals surface area contributed by atoms with E-state index in [9.17, 15) is 9.59 Å². The number of carbonyl (C=O) groups excluding carboxylic acids is 2. The van der Waals surface area contributed by atoms with Crippen LogP contribution in [0.1, 0.15) is 32.6 Å². The molecule has 1 aromatic heterocycles. The van der Waals surface area contributed by atoms with Crippen LogP contribution in [0, 0.1) is 0 Å². The molecule has 0 spiro atoms. The van der Waals surface area contributed by atoms with Gasteiger partial charge < -0.3 is 14.0 Å². The lowest BCUT2D eigenvalue weighted by atomic mass is 10.1. The van der Waals surface area contributed by atoms with Gasteiger partial charge in [-0.3, -0.25) is 0 Å². The number of carbonyl (C=O) groups is 2. The molecule has 0 N–H and O–H groups in total. The number of hydrogen-bond donors (Lipinski definition) is 0. The van der Waals surface area contributed by atoms with Gasteiger partial charge in [0.1, 0.15) is 6.10 Å². The van der Waals surface area contributed by atoms with Crippen LogP contribution in [0.25, 0.3) is 0 Å². The molecule has 2 heterocycles. The maximum absolute atomic E-state index is 12.1. The zero-order chi connectivity index (χ0) is 14.1. The molecule has 1 aliphatic rings. The highest BCUT2D eigenvalue weighted by molar-refractivity contribution is 6.01. The van der Waals surface area contributed by atoms with Crippen molar-refractivity contribution in [3.8, 4) is 0 Å². The van der Waals surface area contributed by atoms with Gasteiger partial charge in [0.2, 0.25) is 0 Å². The molecule has 0 aliphatic carbocycles. The number of nitrogens with zero attached hydrogens (tertiary/aromatic N) is 2. The Morgan fingerprint density at radius 3 is 2.85 bits per heavy atom. The molecule has 1 unspecified atom stereocenters. The monoisotopic (exact) mass is 272 g/mol. The van der Waals surface area contributed by atoms with E-state index in [0.717, 1.165) is 5.56 Å². The third kappa shape index (κ3) is 1.95. The minimum Gasteiger partial charge on any atom is -0.464 e. The van der Waals surface area contributed by atoms with Crippen molar-refractivity contribution in [1.82, 2.24) is 9.55 Å². The summed E-state index contributed by atoms with van der Waals surface area (Å²) < 4.78 is 11.6.